The summed E-state index contributed by atoms with van der Waals surface area (Å²) in [6, 6.07) is 0. The first kappa shape index (κ1) is 15.0. The van der Waals surface area contributed by atoms with E-state index in [9.17, 15) is 5.11 Å². The number of aryl methyl sites for hydroxylation is 1. The SMILES string of the molecule is CC.Cc1cn(CC(C)O)nc1OC(C)C. The number of aliphatic hydroxyl groups excluding tert-OH is 1. The molecular formula is C12H24N2O2. The van der Waals surface area contributed by atoms with E-state index in [0.717, 1.165) is 5.56 Å². The van der Waals surface area contributed by atoms with Crippen molar-refractivity contribution in [2.75, 3.05) is 0 Å². The fraction of sp³-hybridized carbons (Fsp3) is 0.750. The van der Waals surface area contributed by atoms with Crippen LogP contribution in [-0.2, 0) is 6.54 Å². The van der Waals surface area contributed by atoms with Crippen molar-refractivity contribution in [2.24, 2.45) is 0 Å². The second-order valence-corrected chi connectivity index (χ2v) is 3.85. The van der Waals surface area contributed by atoms with Gasteiger partial charge in [-0.15, -0.1) is 5.10 Å². The summed E-state index contributed by atoms with van der Waals surface area (Å²) in [5.41, 5.74) is 0.999. The minimum absolute atomic E-state index is 0.128. The average Bonchev–Trinajstić information content (AvgIpc) is 2.48. The molecule has 1 rings (SSSR count). The second kappa shape index (κ2) is 7.28. The van der Waals surface area contributed by atoms with E-state index in [1.54, 1.807) is 11.6 Å². The zero-order valence-corrected chi connectivity index (χ0v) is 11.2. The Bertz CT molecular complexity index is 293. The summed E-state index contributed by atoms with van der Waals surface area (Å²) in [4.78, 5) is 0. The fourth-order valence-electron chi connectivity index (χ4n) is 1.21. The van der Waals surface area contributed by atoms with Gasteiger partial charge in [0, 0.05) is 11.8 Å². The highest BCUT2D eigenvalue weighted by molar-refractivity contribution is 5.21. The molecule has 0 saturated carbocycles. The average molecular weight is 228 g/mol. The van der Waals surface area contributed by atoms with Gasteiger partial charge in [0.2, 0.25) is 5.88 Å². The largest absolute Gasteiger partial charge is 0.474 e. The van der Waals surface area contributed by atoms with Crippen LogP contribution in [0.1, 0.15) is 40.2 Å². The topological polar surface area (TPSA) is 47.3 Å². The molecule has 1 unspecified atom stereocenters. The predicted molar refractivity (Wildman–Crippen MR) is 65.8 cm³/mol. The molecule has 0 saturated heterocycles. The van der Waals surface area contributed by atoms with Crippen LogP contribution in [0.15, 0.2) is 6.20 Å². The lowest BCUT2D eigenvalue weighted by atomic mass is 10.4. The van der Waals surface area contributed by atoms with Gasteiger partial charge in [0.05, 0.1) is 18.8 Å². The normalized spacial score (nSPS) is 12.0. The Morgan fingerprint density at radius 3 is 2.38 bits per heavy atom. The Balaban J connectivity index is 0.00000106. The molecule has 0 aliphatic heterocycles. The molecular weight excluding hydrogens is 204 g/mol. The number of hydrogen-bond donors (Lipinski definition) is 1. The molecule has 0 radical (unpaired) electrons. The molecule has 1 atom stereocenters. The van der Waals surface area contributed by atoms with Crippen LogP contribution in [0.2, 0.25) is 0 Å². The third-order valence-corrected chi connectivity index (χ3v) is 1.70. The van der Waals surface area contributed by atoms with Crippen molar-refractivity contribution in [3.8, 4) is 5.88 Å². The molecule has 0 aliphatic rings. The summed E-state index contributed by atoms with van der Waals surface area (Å²) in [5.74, 6) is 0.653. The lowest BCUT2D eigenvalue weighted by Gasteiger charge is -2.07. The Morgan fingerprint density at radius 2 is 1.94 bits per heavy atom. The van der Waals surface area contributed by atoms with Crippen LogP contribution in [0, 0.1) is 6.92 Å². The number of aliphatic hydroxyl groups is 1. The number of ether oxygens (including phenoxy) is 1. The first-order chi connectivity index (χ1) is 7.49. The van der Waals surface area contributed by atoms with E-state index in [2.05, 4.69) is 5.10 Å². The molecule has 0 aromatic carbocycles. The van der Waals surface area contributed by atoms with Gasteiger partial charge in [-0.05, 0) is 27.7 Å². The fourth-order valence-corrected chi connectivity index (χ4v) is 1.21. The van der Waals surface area contributed by atoms with Crippen molar-refractivity contribution in [3.05, 3.63) is 11.8 Å². The lowest BCUT2D eigenvalue weighted by molar-refractivity contribution is 0.166. The number of aromatic nitrogens is 2. The smallest absolute Gasteiger partial charge is 0.235 e. The van der Waals surface area contributed by atoms with Gasteiger partial charge in [-0.25, -0.2) is 0 Å². The quantitative estimate of drug-likeness (QED) is 0.860. The highest BCUT2D eigenvalue weighted by atomic mass is 16.5. The van der Waals surface area contributed by atoms with Gasteiger partial charge in [0.1, 0.15) is 0 Å². The number of hydrogen-bond acceptors (Lipinski definition) is 3. The van der Waals surface area contributed by atoms with Crippen molar-refractivity contribution in [3.63, 3.8) is 0 Å². The molecule has 0 fully saturated rings. The van der Waals surface area contributed by atoms with Crippen LogP contribution >= 0.6 is 0 Å². The summed E-state index contributed by atoms with van der Waals surface area (Å²) in [6.45, 7) is 12.1. The first-order valence-electron chi connectivity index (χ1n) is 5.88. The Morgan fingerprint density at radius 1 is 1.38 bits per heavy atom. The molecule has 1 aromatic heterocycles. The van der Waals surface area contributed by atoms with Gasteiger partial charge in [-0.3, -0.25) is 4.68 Å². The standard InChI is InChI=1S/C10H18N2O2.C2H6/c1-7(2)14-10-8(3)5-12(11-10)6-9(4)13;1-2/h5,7,9,13H,6H2,1-4H3;1-2H3. The molecule has 94 valence electrons. The van der Waals surface area contributed by atoms with E-state index < -0.39 is 0 Å². The van der Waals surface area contributed by atoms with Gasteiger partial charge < -0.3 is 9.84 Å². The van der Waals surface area contributed by atoms with E-state index in [1.165, 1.54) is 0 Å². The Labute approximate surface area is 98.2 Å². The minimum Gasteiger partial charge on any atom is -0.474 e. The molecule has 0 aliphatic carbocycles. The zero-order chi connectivity index (χ0) is 12.7. The van der Waals surface area contributed by atoms with Crippen LogP contribution in [0.5, 0.6) is 5.88 Å². The summed E-state index contributed by atoms with van der Waals surface area (Å²) < 4.78 is 7.20. The highest BCUT2D eigenvalue weighted by Crippen LogP contribution is 2.15. The van der Waals surface area contributed by atoms with Crippen LogP contribution in [-0.4, -0.2) is 27.1 Å². The molecule has 1 N–H and O–H groups in total. The zero-order valence-electron chi connectivity index (χ0n) is 11.2. The van der Waals surface area contributed by atoms with Crippen LogP contribution < -0.4 is 4.74 Å². The maximum Gasteiger partial charge on any atom is 0.235 e. The monoisotopic (exact) mass is 228 g/mol. The van der Waals surface area contributed by atoms with Crippen molar-refractivity contribution < 1.29 is 9.84 Å². The van der Waals surface area contributed by atoms with E-state index in [4.69, 9.17) is 4.74 Å². The van der Waals surface area contributed by atoms with Crippen molar-refractivity contribution in [2.45, 2.75) is 60.3 Å². The van der Waals surface area contributed by atoms with Gasteiger partial charge >= 0.3 is 0 Å². The molecule has 0 spiro atoms. The predicted octanol–water partition coefficient (Wildman–Crippen LogP) is 2.39. The third kappa shape index (κ3) is 5.16. The second-order valence-electron chi connectivity index (χ2n) is 3.85. The molecule has 16 heavy (non-hydrogen) atoms. The first-order valence-corrected chi connectivity index (χ1v) is 5.88. The summed E-state index contributed by atoms with van der Waals surface area (Å²) in [7, 11) is 0. The van der Waals surface area contributed by atoms with Gasteiger partial charge in [0.15, 0.2) is 0 Å². The maximum absolute atomic E-state index is 9.19. The van der Waals surface area contributed by atoms with E-state index in [1.807, 2.05) is 40.8 Å². The molecule has 1 aromatic rings. The lowest BCUT2D eigenvalue weighted by Crippen LogP contribution is -2.12. The maximum atomic E-state index is 9.19. The molecule has 0 bridgehead atoms. The van der Waals surface area contributed by atoms with Crippen LogP contribution in [0.4, 0.5) is 0 Å². The summed E-state index contributed by atoms with van der Waals surface area (Å²) in [5, 5.41) is 13.4. The van der Waals surface area contributed by atoms with Crippen molar-refractivity contribution in [1.29, 1.82) is 0 Å². The summed E-state index contributed by atoms with van der Waals surface area (Å²) in [6.07, 6.45) is 1.62. The Kier molecular flexibility index (Phi) is 6.81. The molecule has 4 nitrogen and oxygen atoms in total. The van der Waals surface area contributed by atoms with Crippen LogP contribution in [0.25, 0.3) is 0 Å². The minimum atomic E-state index is -0.388. The molecule has 0 amide bonds. The van der Waals surface area contributed by atoms with E-state index in [-0.39, 0.29) is 12.2 Å². The van der Waals surface area contributed by atoms with Crippen LogP contribution in [0.3, 0.4) is 0 Å². The van der Waals surface area contributed by atoms with Crippen molar-refractivity contribution in [1.82, 2.24) is 9.78 Å². The summed E-state index contributed by atoms with van der Waals surface area (Å²) >= 11 is 0. The highest BCUT2D eigenvalue weighted by Gasteiger charge is 2.08. The van der Waals surface area contributed by atoms with E-state index >= 15 is 0 Å². The van der Waals surface area contributed by atoms with Gasteiger partial charge in [-0.2, -0.15) is 0 Å². The Hall–Kier alpha value is -1.03. The van der Waals surface area contributed by atoms with Gasteiger partial charge in [0.25, 0.3) is 0 Å². The van der Waals surface area contributed by atoms with E-state index in [0.29, 0.717) is 12.4 Å². The third-order valence-electron chi connectivity index (χ3n) is 1.70. The number of nitrogens with zero attached hydrogens (tertiary/aromatic N) is 2. The molecule has 4 heteroatoms. The molecule has 1 heterocycles. The van der Waals surface area contributed by atoms with Crippen molar-refractivity contribution >= 4 is 0 Å². The van der Waals surface area contributed by atoms with Gasteiger partial charge in [-0.1, -0.05) is 13.8 Å². The number of rotatable bonds is 4.